The van der Waals surface area contributed by atoms with Gasteiger partial charge in [-0.1, -0.05) is 30.3 Å². The van der Waals surface area contributed by atoms with Crippen LogP contribution in [0.4, 0.5) is 0 Å². The van der Waals surface area contributed by atoms with E-state index >= 15 is 0 Å². The average molecular weight is 516 g/mol. The van der Waals surface area contributed by atoms with Gasteiger partial charge in [-0.15, -0.1) is 11.3 Å². The van der Waals surface area contributed by atoms with Gasteiger partial charge in [0.15, 0.2) is 5.78 Å². The maximum absolute atomic E-state index is 14.0. The van der Waals surface area contributed by atoms with E-state index in [9.17, 15) is 4.79 Å². The van der Waals surface area contributed by atoms with Gasteiger partial charge in [0.25, 0.3) is 0 Å². The summed E-state index contributed by atoms with van der Waals surface area (Å²) in [6.07, 6.45) is 2.50. The number of carbonyl (C=O) groups is 1. The zero-order valence-electron chi connectivity index (χ0n) is 21.5. The molecule has 0 bridgehead atoms. The molecule has 1 fully saturated rings. The zero-order chi connectivity index (χ0) is 25.3. The fourth-order valence-electron chi connectivity index (χ4n) is 4.84. The highest BCUT2D eigenvalue weighted by atomic mass is 32.1. The lowest BCUT2D eigenvalue weighted by molar-refractivity contribution is 0.104. The van der Waals surface area contributed by atoms with Crippen molar-refractivity contribution in [2.24, 2.45) is 0 Å². The summed E-state index contributed by atoms with van der Waals surface area (Å²) in [6.45, 7) is 9.62. The molecule has 0 spiro atoms. The minimum Gasteiger partial charge on any atom is -0.544 e. The van der Waals surface area contributed by atoms with Gasteiger partial charge in [-0.2, -0.15) is 0 Å². The molecule has 0 saturated carbocycles. The van der Waals surface area contributed by atoms with E-state index in [0.717, 1.165) is 62.8 Å². The predicted octanol–water partition coefficient (Wildman–Crippen LogP) is 7.62. The number of benzene rings is 3. The number of hydrogen-bond acceptors (Lipinski definition) is 5. The van der Waals surface area contributed by atoms with Crippen LogP contribution in [0.2, 0.25) is 19.6 Å². The number of carbonyl (C=O) groups excluding carboxylic acids is 1. The Kier molecular flexibility index (Phi) is 7.02. The number of ketones is 1. The summed E-state index contributed by atoms with van der Waals surface area (Å²) < 4.78 is 13.0. The van der Waals surface area contributed by atoms with Crippen molar-refractivity contribution in [1.29, 1.82) is 0 Å². The zero-order valence-corrected chi connectivity index (χ0v) is 23.3. The fraction of sp³-hybridized carbons (Fsp3) is 0.300. The molecule has 186 valence electrons. The molecule has 4 aromatic rings. The van der Waals surface area contributed by atoms with E-state index in [2.05, 4.69) is 48.8 Å². The molecule has 0 aliphatic carbocycles. The monoisotopic (exact) mass is 515 g/mol. The highest BCUT2D eigenvalue weighted by Crippen LogP contribution is 2.41. The van der Waals surface area contributed by atoms with Crippen LogP contribution < -0.4 is 9.16 Å². The molecule has 0 atom stereocenters. The second-order valence-electron chi connectivity index (χ2n) is 10.4. The van der Waals surface area contributed by atoms with Crippen molar-refractivity contribution >= 4 is 35.5 Å². The Labute approximate surface area is 218 Å². The average Bonchev–Trinajstić information content (AvgIpc) is 3.51. The molecular formula is C30H33NO3SSi. The van der Waals surface area contributed by atoms with Crippen molar-refractivity contribution in [3.63, 3.8) is 0 Å². The number of likely N-dealkylation sites (tertiary alicyclic amines) is 1. The summed E-state index contributed by atoms with van der Waals surface area (Å²) in [6, 6.07) is 22.2. The summed E-state index contributed by atoms with van der Waals surface area (Å²) in [5, 5.41) is 0.991. The van der Waals surface area contributed by atoms with Crippen molar-refractivity contribution in [2.75, 3.05) is 20.2 Å². The summed E-state index contributed by atoms with van der Waals surface area (Å²) in [5.74, 6) is 1.68. The van der Waals surface area contributed by atoms with Crippen LogP contribution in [0.25, 0.3) is 20.5 Å². The van der Waals surface area contributed by atoms with Crippen LogP contribution in [-0.4, -0.2) is 39.2 Å². The first-order valence-electron chi connectivity index (χ1n) is 12.6. The molecule has 0 unspecified atom stereocenters. The van der Waals surface area contributed by atoms with Gasteiger partial charge < -0.3 is 9.16 Å². The van der Waals surface area contributed by atoms with E-state index in [1.807, 2.05) is 42.5 Å². The van der Waals surface area contributed by atoms with Gasteiger partial charge in [0.05, 0.1) is 7.11 Å². The Morgan fingerprint density at radius 3 is 2.39 bits per heavy atom. The van der Waals surface area contributed by atoms with Gasteiger partial charge in [0.1, 0.15) is 11.5 Å². The van der Waals surface area contributed by atoms with Crippen LogP contribution >= 0.6 is 11.3 Å². The van der Waals surface area contributed by atoms with E-state index in [-0.39, 0.29) is 5.78 Å². The summed E-state index contributed by atoms with van der Waals surface area (Å²) >= 11 is 1.66. The van der Waals surface area contributed by atoms with Crippen molar-refractivity contribution in [3.05, 3.63) is 83.4 Å². The molecule has 4 nitrogen and oxygen atoms in total. The smallest absolute Gasteiger partial charge is 0.242 e. The highest BCUT2D eigenvalue weighted by molar-refractivity contribution is 7.22. The van der Waals surface area contributed by atoms with Crippen molar-refractivity contribution in [3.8, 4) is 21.9 Å². The third-order valence-electron chi connectivity index (χ3n) is 6.50. The van der Waals surface area contributed by atoms with Gasteiger partial charge in [-0.05, 0) is 87.5 Å². The topological polar surface area (TPSA) is 38.8 Å². The standard InChI is InChI=1S/C30H33NO3SSi/c1-33-26-19-22(11-12-23(26)20-31-17-7-8-18-31)29(32)28-25-9-5-6-10-27(25)35-30(28)21-13-15-24(16-14-21)34-36(2,3)4/h5-6,9-16,19H,7-8,17-18,20H2,1-4H3. The van der Waals surface area contributed by atoms with Gasteiger partial charge in [-0.3, -0.25) is 9.69 Å². The van der Waals surface area contributed by atoms with Crippen molar-refractivity contribution in [1.82, 2.24) is 4.90 Å². The summed E-state index contributed by atoms with van der Waals surface area (Å²) in [5.41, 5.74) is 3.56. The molecule has 5 rings (SSSR count). The van der Waals surface area contributed by atoms with E-state index < -0.39 is 8.32 Å². The molecule has 0 N–H and O–H groups in total. The molecule has 1 aliphatic heterocycles. The minimum atomic E-state index is -1.69. The Morgan fingerprint density at radius 2 is 1.69 bits per heavy atom. The third-order valence-corrected chi connectivity index (χ3v) is 8.57. The van der Waals surface area contributed by atoms with E-state index in [4.69, 9.17) is 9.16 Å². The SMILES string of the molecule is COc1cc(C(=O)c2c(-c3ccc(O[Si](C)(C)C)cc3)sc3ccccc23)ccc1CN1CCCC1. The Morgan fingerprint density at radius 1 is 0.972 bits per heavy atom. The molecule has 6 heteroatoms. The van der Waals surface area contributed by atoms with E-state index in [0.29, 0.717) is 5.56 Å². The Hall–Kier alpha value is -2.93. The third kappa shape index (κ3) is 5.26. The first-order chi connectivity index (χ1) is 17.3. The molecule has 3 aromatic carbocycles. The van der Waals surface area contributed by atoms with Gasteiger partial charge >= 0.3 is 0 Å². The number of thiophene rings is 1. The maximum Gasteiger partial charge on any atom is 0.242 e. The van der Waals surface area contributed by atoms with Crippen LogP contribution in [0, 0.1) is 0 Å². The molecule has 0 amide bonds. The number of ether oxygens (including phenoxy) is 1. The van der Waals surface area contributed by atoms with Gasteiger partial charge in [-0.25, -0.2) is 0 Å². The van der Waals surface area contributed by atoms with Crippen molar-refractivity contribution < 1.29 is 14.0 Å². The first kappa shape index (κ1) is 24.7. The number of fused-ring (bicyclic) bond motifs is 1. The molecular weight excluding hydrogens is 482 g/mol. The van der Waals surface area contributed by atoms with Crippen LogP contribution in [-0.2, 0) is 6.54 Å². The van der Waals surface area contributed by atoms with Gasteiger partial charge in [0.2, 0.25) is 8.32 Å². The molecule has 36 heavy (non-hydrogen) atoms. The Bertz CT molecular complexity index is 1380. The first-order valence-corrected chi connectivity index (χ1v) is 16.8. The minimum absolute atomic E-state index is 0.0240. The van der Waals surface area contributed by atoms with Crippen LogP contribution in [0.15, 0.2) is 66.7 Å². The molecule has 1 aromatic heterocycles. The fourth-order valence-corrected chi connectivity index (χ4v) is 6.89. The molecule has 2 heterocycles. The van der Waals surface area contributed by atoms with Crippen LogP contribution in [0.5, 0.6) is 11.5 Å². The Balaban J connectivity index is 1.52. The predicted molar refractivity (Wildman–Crippen MR) is 152 cm³/mol. The number of nitrogens with zero attached hydrogens (tertiary/aromatic N) is 1. The molecule has 1 saturated heterocycles. The maximum atomic E-state index is 14.0. The lowest BCUT2D eigenvalue weighted by atomic mass is 9.96. The largest absolute Gasteiger partial charge is 0.544 e. The second kappa shape index (κ2) is 10.2. The lowest BCUT2D eigenvalue weighted by Gasteiger charge is -2.19. The quantitative estimate of drug-likeness (QED) is 0.179. The van der Waals surface area contributed by atoms with Crippen LogP contribution in [0.1, 0.15) is 34.3 Å². The number of hydrogen-bond donors (Lipinski definition) is 0. The molecule has 1 aliphatic rings. The van der Waals surface area contributed by atoms with E-state index in [1.54, 1.807) is 18.4 Å². The number of rotatable bonds is 8. The summed E-state index contributed by atoms with van der Waals surface area (Å²) in [7, 11) is 0.000785. The van der Waals surface area contributed by atoms with Crippen LogP contribution in [0.3, 0.4) is 0 Å². The molecule has 0 radical (unpaired) electrons. The lowest BCUT2D eigenvalue weighted by Crippen LogP contribution is -2.29. The second-order valence-corrected chi connectivity index (χ2v) is 15.9. The number of methoxy groups -OCH3 is 1. The summed E-state index contributed by atoms with van der Waals surface area (Å²) in [4.78, 5) is 17.4. The highest BCUT2D eigenvalue weighted by Gasteiger charge is 2.23. The van der Waals surface area contributed by atoms with Gasteiger partial charge in [0, 0.05) is 38.2 Å². The normalized spacial score (nSPS) is 14.3. The van der Waals surface area contributed by atoms with E-state index in [1.165, 1.54) is 12.8 Å². The van der Waals surface area contributed by atoms with Crippen molar-refractivity contribution in [2.45, 2.75) is 39.0 Å².